The highest BCUT2D eigenvalue weighted by Crippen LogP contribution is 2.37. The van der Waals surface area contributed by atoms with Gasteiger partial charge in [0.05, 0.1) is 10.0 Å². The lowest BCUT2D eigenvalue weighted by Crippen LogP contribution is -2.48. The molecule has 1 aliphatic heterocycles. The van der Waals surface area contributed by atoms with E-state index in [4.69, 9.17) is 34.0 Å². The molecule has 31 heavy (non-hydrogen) atoms. The Morgan fingerprint density at radius 1 is 1.29 bits per heavy atom. The summed E-state index contributed by atoms with van der Waals surface area (Å²) in [6.07, 6.45) is -0.262. The summed E-state index contributed by atoms with van der Waals surface area (Å²) >= 11 is 13.5. The first-order valence-electron chi connectivity index (χ1n) is 9.70. The second-order valence-corrected chi connectivity index (χ2v) is 8.90. The van der Waals surface area contributed by atoms with E-state index in [9.17, 15) is 9.59 Å². The molecular weight excluding hydrogens is 463 g/mol. The molecule has 4 N–H and O–H groups in total. The average molecular weight is 487 g/mol. The van der Waals surface area contributed by atoms with Crippen molar-refractivity contribution in [2.24, 2.45) is 7.05 Å². The second kappa shape index (κ2) is 10.4. The van der Waals surface area contributed by atoms with Gasteiger partial charge in [-0.3, -0.25) is 14.3 Å². The SMILES string of the molecule is Cn1c(N2CCN(CCCNC(=O)O)CC2)nc(N)c(Sc2cccc(Cl)c2Cl)c1=O. The minimum Gasteiger partial charge on any atom is -0.465 e. The molecule has 0 radical (unpaired) electrons. The topological polar surface area (TPSA) is 117 Å². The normalized spacial score (nSPS) is 14.6. The van der Waals surface area contributed by atoms with E-state index in [0.717, 1.165) is 37.8 Å². The molecule has 1 aliphatic rings. The summed E-state index contributed by atoms with van der Waals surface area (Å²) in [5.74, 6) is 0.678. The summed E-state index contributed by atoms with van der Waals surface area (Å²) in [5.41, 5.74) is 5.91. The summed E-state index contributed by atoms with van der Waals surface area (Å²) in [5, 5.41) is 11.8. The molecule has 0 unspecified atom stereocenters. The molecule has 168 valence electrons. The molecule has 9 nitrogen and oxygen atoms in total. The first kappa shape index (κ1) is 23.5. The van der Waals surface area contributed by atoms with Crippen LogP contribution in [0, 0.1) is 0 Å². The van der Waals surface area contributed by atoms with Crippen LogP contribution in [-0.4, -0.2) is 64.9 Å². The van der Waals surface area contributed by atoms with Crippen molar-refractivity contribution in [3.63, 3.8) is 0 Å². The first-order chi connectivity index (χ1) is 14.8. The van der Waals surface area contributed by atoms with Gasteiger partial charge in [0, 0.05) is 44.7 Å². The first-order valence-corrected chi connectivity index (χ1v) is 11.3. The van der Waals surface area contributed by atoms with Gasteiger partial charge in [0.1, 0.15) is 10.7 Å². The quantitative estimate of drug-likeness (QED) is 0.511. The van der Waals surface area contributed by atoms with Crippen molar-refractivity contribution >= 4 is 52.8 Å². The van der Waals surface area contributed by atoms with Gasteiger partial charge in [-0.2, -0.15) is 4.98 Å². The van der Waals surface area contributed by atoms with Crippen molar-refractivity contribution in [3.05, 3.63) is 38.6 Å². The zero-order chi connectivity index (χ0) is 22.5. The van der Waals surface area contributed by atoms with Gasteiger partial charge in [-0.25, -0.2) is 4.79 Å². The maximum absolute atomic E-state index is 13.0. The molecule has 3 rings (SSSR count). The lowest BCUT2D eigenvalue weighted by Gasteiger charge is -2.36. The molecule has 2 aromatic rings. The monoisotopic (exact) mass is 486 g/mol. The second-order valence-electron chi connectivity index (χ2n) is 7.06. The Morgan fingerprint density at radius 3 is 2.68 bits per heavy atom. The molecular formula is C19H24Cl2N6O3S. The molecule has 0 spiro atoms. The number of nitrogens with zero attached hydrogens (tertiary/aromatic N) is 4. The zero-order valence-corrected chi connectivity index (χ0v) is 19.3. The average Bonchev–Trinajstić information content (AvgIpc) is 2.74. The van der Waals surface area contributed by atoms with Crippen LogP contribution in [0.1, 0.15) is 6.42 Å². The van der Waals surface area contributed by atoms with E-state index < -0.39 is 6.09 Å². The number of nitrogens with two attached hydrogens (primary N) is 1. The van der Waals surface area contributed by atoms with Crippen LogP contribution in [0.5, 0.6) is 0 Å². The number of carbonyl (C=O) groups is 1. The lowest BCUT2D eigenvalue weighted by atomic mass is 10.3. The molecule has 0 atom stereocenters. The molecule has 1 aromatic heterocycles. The molecule has 0 aliphatic carbocycles. The van der Waals surface area contributed by atoms with Gasteiger partial charge in [0.15, 0.2) is 0 Å². The van der Waals surface area contributed by atoms with E-state index in [0.29, 0.717) is 45.4 Å². The number of hydrogen-bond donors (Lipinski definition) is 3. The van der Waals surface area contributed by atoms with Crippen LogP contribution < -0.4 is 21.5 Å². The smallest absolute Gasteiger partial charge is 0.404 e. The number of piperazine rings is 1. The summed E-state index contributed by atoms with van der Waals surface area (Å²) < 4.78 is 1.50. The number of amides is 1. The van der Waals surface area contributed by atoms with E-state index in [-0.39, 0.29) is 11.4 Å². The summed E-state index contributed by atoms with van der Waals surface area (Å²) in [6, 6.07) is 5.21. The van der Waals surface area contributed by atoms with E-state index >= 15 is 0 Å². The van der Waals surface area contributed by atoms with Gasteiger partial charge < -0.3 is 21.1 Å². The molecule has 1 fully saturated rings. The van der Waals surface area contributed by atoms with Crippen molar-refractivity contribution in [1.29, 1.82) is 0 Å². The number of benzene rings is 1. The number of hydrogen-bond acceptors (Lipinski definition) is 7. The van der Waals surface area contributed by atoms with Crippen LogP contribution in [0.2, 0.25) is 10.0 Å². The predicted molar refractivity (Wildman–Crippen MR) is 124 cm³/mol. The largest absolute Gasteiger partial charge is 0.465 e. The molecule has 0 bridgehead atoms. The standard InChI is InChI=1S/C19H24Cl2N6O3S/c1-25-17(28)15(31-13-5-2-4-12(20)14(13)21)16(22)24-18(25)27-10-8-26(9-11-27)7-3-6-23-19(29)30/h2,4-5,23H,3,6-11,22H2,1H3,(H,29,30). The zero-order valence-electron chi connectivity index (χ0n) is 17.0. The summed E-state index contributed by atoms with van der Waals surface area (Å²) in [4.78, 5) is 33.2. The number of carboxylic acid groups (broad SMARTS) is 1. The Balaban J connectivity index is 1.68. The minimum atomic E-state index is -1.01. The van der Waals surface area contributed by atoms with Crippen molar-refractivity contribution in [2.75, 3.05) is 49.9 Å². The van der Waals surface area contributed by atoms with E-state index in [1.165, 1.54) is 4.57 Å². The van der Waals surface area contributed by atoms with Gasteiger partial charge in [0.25, 0.3) is 5.56 Å². The number of halogens is 2. The Labute approximate surface area is 194 Å². The van der Waals surface area contributed by atoms with Crippen LogP contribution in [0.15, 0.2) is 32.8 Å². The van der Waals surface area contributed by atoms with Crippen LogP contribution in [0.4, 0.5) is 16.6 Å². The van der Waals surface area contributed by atoms with Crippen molar-refractivity contribution in [1.82, 2.24) is 19.8 Å². The Hall–Kier alpha value is -2.14. The van der Waals surface area contributed by atoms with Crippen LogP contribution in [-0.2, 0) is 7.05 Å². The lowest BCUT2D eigenvalue weighted by molar-refractivity contribution is 0.192. The Bertz CT molecular complexity index is 1010. The van der Waals surface area contributed by atoms with E-state index in [1.54, 1.807) is 25.2 Å². The molecule has 1 saturated heterocycles. The molecule has 0 saturated carbocycles. The maximum atomic E-state index is 13.0. The third kappa shape index (κ3) is 5.76. The number of anilines is 2. The number of aromatic nitrogens is 2. The van der Waals surface area contributed by atoms with Crippen molar-refractivity contribution in [3.8, 4) is 0 Å². The molecule has 12 heteroatoms. The van der Waals surface area contributed by atoms with Gasteiger partial charge in [0.2, 0.25) is 5.95 Å². The van der Waals surface area contributed by atoms with Gasteiger partial charge >= 0.3 is 6.09 Å². The number of rotatable bonds is 7. The minimum absolute atomic E-state index is 0.154. The van der Waals surface area contributed by atoms with Crippen molar-refractivity contribution < 1.29 is 9.90 Å². The molecule has 1 amide bonds. The Morgan fingerprint density at radius 2 is 2.00 bits per heavy atom. The van der Waals surface area contributed by atoms with Gasteiger partial charge in [-0.1, -0.05) is 41.0 Å². The fourth-order valence-corrected chi connectivity index (χ4v) is 4.72. The fraction of sp³-hybridized carbons (Fsp3) is 0.421. The van der Waals surface area contributed by atoms with Crippen molar-refractivity contribution in [2.45, 2.75) is 16.2 Å². The van der Waals surface area contributed by atoms with E-state index in [2.05, 4.69) is 15.2 Å². The third-order valence-corrected chi connectivity index (χ3v) is 7.04. The number of nitrogens with one attached hydrogen (secondary N) is 1. The van der Waals surface area contributed by atoms with Gasteiger partial charge in [-0.15, -0.1) is 0 Å². The highest BCUT2D eigenvalue weighted by molar-refractivity contribution is 7.99. The molecule has 1 aromatic carbocycles. The molecule has 2 heterocycles. The highest BCUT2D eigenvalue weighted by atomic mass is 35.5. The van der Waals surface area contributed by atoms with Gasteiger partial charge in [-0.05, 0) is 25.1 Å². The van der Waals surface area contributed by atoms with Crippen LogP contribution >= 0.6 is 35.0 Å². The predicted octanol–water partition coefficient (Wildman–Crippen LogP) is 2.60. The third-order valence-electron chi connectivity index (χ3n) is 4.96. The van der Waals surface area contributed by atoms with Crippen LogP contribution in [0.25, 0.3) is 0 Å². The van der Waals surface area contributed by atoms with E-state index in [1.807, 2.05) is 4.90 Å². The fourth-order valence-electron chi connectivity index (χ4n) is 3.31. The highest BCUT2D eigenvalue weighted by Gasteiger charge is 2.23. The maximum Gasteiger partial charge on any atom is 0.404 e. The number of nitrogen functional groups attached to an aromatic ring is 1. The Kier molecular flexibility index (Phi) is 7.93. The summed E-state index contributed by atoms with van der Waals surface area (Å²) in [6.45, 7) is 4.20. The van der Waals surface area contributed by atoms with Crippen LogP contribution in [0.3, 0.4) is 0 Å². The summed E-state index contributed by atoms with van der Waals surface area (Å²) in [7, 11) is 1.68.